The fourth-order valence-corrected chi connectivity index (χ4v) is 2.38. The van der Waals surface area contributed by atoms with Crippen molar-refractivity contribution in [3.63, 3.8) is 0 Å². The largest absolute Gasteiger partial charge is 0.370 e. The van der Waals surface area contributed by atoms with Crippen LogP contribution in [0.25, 0.3) is 11.2 Å². The fraction of sp³-hybridized carbons (Fsp3) is 0.500. The third-order valence-electron chi connectivity index (χ3n) is 2.78. The Bertz CT molecular complexity index is 550. The SMILES string of the molecule is Clc1nc(Cl)c2[nH]c(C3CCCCO3)nc2n1. The van der Waals surface area contributed by atoms with Crippen molar-refractivity contribution in [1.29, 1.82) is 0 Å². The van der Waals surface area contributed by atoms with Crippen molar-refractivity contribution >= 4 is 34.4 Å². The molecule has 0 spiro atoms. The molecule has 2 aromatic rings. The van der Waals surface area contributed by atoms with Gasteiger partial charge >= 0.3 is 0 Å². The molecular weight excluding hydrogens is 263 g/mol. The van der Waals surface area contributed by atoms with E-state index in [1.165, 1.54) is 0 Å². The fourth-order valence-electron chi connectivity index (χ4n) is 1.96. The van der Waals surface area contributed by atoms with Crippen molar-refractivity contribution in [2.75, 3.05) is 6.61 Å². The Morgan fingerprint density at radius 2 is 2.06 bits per heavy atom. The van der Waals surface area contributed by atoms with E-state index in [1.54, 1.807) is 0 Å². The molecule has 90 valence electrons. The van der Waals surface area contributed by atoms with Crippen molar-refractivity contribution < 1.29 is 4.74 Å². The van der Waals surface area contributed by atoms with Crippen LogP contribution >= 0.6 is 23.2 Å². The molecule has 1 N–H and O–H groups in total. The summed E-state index contributed by atoms with van der Waals surface area (Å²) in [6.07, 6.45) is 3.19. The van der Waals surface area contributed by atoms with Crippen molar-refractivity contribution in [2.24, 2.45) is 0 Å². The summed E-state index contributed by atoms with van der Waals surface area (Å²) in [5, 5.41) is 0.389. The quantitative estimate of drug-likeness (QED) is 0.641. The van der Waals surface area contributed by atoms with Crippen LogP contribution in [0.15, 0.2) is 0 Å². The van der Waals surface area contributed by atoms with Gasteiger partial charge in [0.25, 0.3) is 0 Å². The lowest BCUT2D eigenvalue weighted by molar-refractivity contribution is 0.0101. The van der Waals surface area contributed by atoms with Crippen LogP contribution < -0.4 is 0 Å². The van der Waals surface area contributed by atoms with E-state index < -0.39 is 0 Å². The van der Waals surface area contributed by atoms with Gasteiger partial charge in [-0.1, -0.05) is 11.6 Å². The van der Waals surface area contributed by atoms with Crippen LogP contribution in [0.5, 0.6) is 0 Å². The van der Waals surface area contributed by atoms with Crippen LogP contribution in [0.3, 0.4) is 0 Å². The zero-order chi connectivity index (χ0) is 11.8. The number of imidazole rings is 1. The predicted octanol–water partition coefficient (Wildman–Crippen LogP) is 2.90. The summed E-state index contributed by atoms with van der Waals surface area (Å²) in [5.41, 5.74) is 1.10. The number of nitrogens with zero attached hydrogens (tertiary/aromatic N) is 3. The van der Waals surface area contributed by atoms with Crippen LogP contribution in [0.2, 0.25) is 10.4 Å². The molecule has 0 radical (unpaired) electrons. The highest BCUT2D eigenvalue weighted by molar-refractivity contribution is 6.35. The molecule has 0 aromatic carbocycles. The van der Waals surface area contributed by atoms with Crippen molar-refractivity contribution in [3.05, 3.63) is 16.3 Å². The molecule has 1 aliphatic heterocycles. The summed E-state index contributed by atoms with van der Waals surface area (Å²) in [5.74, 6) is 0.748. The molecule has 17 heavy (non-hydrogen) atoms. The Hall–Kier alpha value is -0.910. The number of halogens is 2. The summed E-state index contributed by atoms with van der Waals surface area (Å²) >= 11 is 11.7. The zero-order valence-electron chi connectivity index (χ0n) is 8.91. The summed E-state index contributed by atoms with van der Waals surface area (Å²) in [7, 11) is 0. The molecule has 1 unspecified atom stereocenters. The third kappa shape index (κ3) is 2.10. The van der Waals surface area contributed by atoms with Gasteiger partial charge in [0.1, 0.15) is 17.4 Å². The Morgan fingerprint density at radius 1 is 1.18 bits per heavy atom. The van der Waals surface area contributed by atoms with Gasteiger partial charge in [-0.2, -0.15) is 4.98 Å². The lowest BCUT2D eigenvalue weighted by atomic mass is 10.1. The molecule has 1 atom stereocenters. The van der Waals surface area contributed by atoms with Gasteiger partial charge in [0.2, 0.25) is 5.28 Å². The zero-order valence-corrected chi connectivity index (χ0v) is 10.4. The number of fused-ring (bicyclic) bond motifs is 1. The minimum Gasteiger partial charge on any atom is -0.370 e. The first-order valence-electron chi connectivity index (χ1n) is 5.44. The number of H-pyrrole nitrogens is 1. The molecule has 1 fully saturated rings. The maximum Gasteiger partial charge on any atom is 0.225 e. The van der Waals surface area contributed by atoms with Gasteiger partial charge in [-0.15, -0.1) is 0 Å². The molecule has 5 nitrogen and oxygen atoms in total. The summed E-state index contributed by atoms with van der Waals surface area (Å²) in [6, 6.07) is 0. The molecule has 7 heteroatoms. The van der Waals surface area contributed by atoms with Crippen molar-refractivity contribution in [1.82, 2.24) is 19.9 Å². The van der Waals surface area contributed by atoms with Crippen LogP contribution in [-0.2, 0) is 4.74 Å². The average molecular weight is 273 g/mol. The highest BCUT2D eigenvalue weighted by Crippen LogP contribution is 2.28. The standard InChI is InChI=1S/C10H10Cl2N4O/c11-7-6-9(16-10(12)14-7)15-8(13-6)5-3-1-2-4-17-5/h5H,1-4H2,(H,13,14,15,16). The topological polar surface area (TPSA) is 63.7 Å². The van der Waals surface area contributed by atoms with Gasteiger partial charge in [-0.25, -0.2) is 9.97 Å². The molecule has 0 aliphatic carbocycles. The van der Waals surface area contributed by atoms with E-state index in [9.17, 15) is 0 Å². The summed E-state index contributed by atoms with van der Waals surface area (Å²) in [4.78, 5) is 15.4. The Balaban J connectivity index is 2.03. The first kappa shape index (κ1) is 11.2. The molecule has 0 saturated carbocycles. The third-order valence-corrected chi connectivity index (χ3v) is 3.23. The lowest BCUT2D eigenvalue weighted by Crippen LogP contribution is -2.12. The van der Waals surface area contributed by atoms with E-state index in [1.807, 2.05) is 0 Å². The summed E-state index contributed by atoms with van der Waals surface area (Å²) in [6.45, 7) is 0.766. The molecule has 1 aliphatic rings. The van der Waals surface area contributed by atoms with Crippen LogP contribution in [-0.4, -0.2) is 26.5 Å². The number of nitrogens with one attached hydrogen (secondary N) is 1. The molecular formula is C10H10Cl2N4O. The van der Waals surface area contributed by atoms with Crippen LogP contribution in [0.1, 0.15) is 31.2 Å². The van der Waals surface area contributed by atoms with E-state index in [-0.39, 0.29) is 16.5 Å². The molecule has 0 bridgehead atoms. The maximum absolute atomic E-state index is 5.97. The molecule has 3 heterocycles. The van der Waals surface area contributed by atoms with E-state index in [0.29, 0.717) is 11.2 Å². The second kappa shape index (κ2) is 4.40. The number of hydrogen-bond donors (Lipinski definition) is 1. The number of rotatable bonds is 1. The van der Waals surface area contributed by atoms with Crippen LogP contribution in [0, 0.1) is 0 Å². The average Bonchev–Trinajstić information content (AvgIpc) is 2.74. The van der Waals surface area contributed by atoms with E-state index in [2.05, 4.69) is 19.9 Å². The first-order chi connectivity index (χ1) is 8.24. The van der Waals surface area contributed by atoms with E-state index >= 15 is 0 Å². The van der Waals surface area contributed by atoms with Crippen molar-refractivity contribution in [2.45, 2.75) is 25.4 Å². The second-order valence-electron chi connectivity index (χ2n) is 3.96. The molecule has 0 amide bonds. The lowest BCUT2D eigenvalue weighted by Gasteiger charge is -2.20. The van der Waals surface area contributed by atoms with E-state index in [0.717, 1.165) is 31.7 Å². The second-order valence-corrected chi connectivity index (χ2v) is 4.66. The minimum absolute atomic E-state index is 0.00667. The van der Waals surface area contributed by atoms with Gasteiger partial charge in [-0.3, -0.25) is 0 Å². The predicted molar refractivity (Wildman–Crippen MR) is 64.2 cm³/mol. The highest BCUT2D eigenvalue weighted by atomic mass is 35.5. The minimum atomic E-state index is -0.00667. The molecule has 3 rings (SSSR count). The number of ether oxygens (including phenoxy) is 1. The van der Waals surface area contributed by atoms with Gasteiger partial charge in [0.05, 0.1) is 0 Å². The molecule has 2 aromatic heterocycles. The number of hydrogen-bond acceptors (Lipinski definition) is 4. The normalized spacial score (nSPS) is 20.9. The number of aromatic amines is 1. The smallest absolute Gasteiger partial charge is 0.225 e. The van der Waals surface area contributed by atoms with Gasteiger partial charge in [0, 0.05) is 6.61 Å². The number of aromatic nitrogens is 4. The maximum atomic E-state index is 5.97. The Labute approximate surface area is 108 Å². The monoisotopic (exact) mass is 272 g/mol. The van der Waals surface area contributed by atoms with E-state index in [4.69, 9.17) is 27.9 Å². The summed E-state index contributed by atoms with van der Waals surface area (Å²) < 4.78 is 5.65. The first-order valence-corrected chi connectivity index (χ1v) is 6.20. The Kier molecular flexibility index (Phi) is 2.90. The highest BCUT2D eigenvalue weighted by Gasteiger charge is 2.21. The van der Waals surface area contributed by atoms with Gasteiger partial charge in [0.15, 0.2) is 10.8 Å². The van der Waals surface area contributed by atoms with Crippen molar-refractivity contribution in [3.8, 4) is 0 Å². The van der Waals surface area contributed by atoms with Crippen LogP contribution in [0.4, 0.5) is 0 Å². The molecule has 1 saturated heterocycles. The van der Waals surface area contributed by atoms with Gasteiger partial charge in [-0.05, 0) is 30.9 Å². The van der Waals surface area contributed by atoms with Gasteiger partial charge < -0.3 is 9.72 Å². The Morgan fingerprint density at radius 3 is 2.82 bits per heavy atom.